The Labute approximate surface area is 54.5 Å². The average molecular weight is 142 g/mol. The van der Waals surface area contributed by atoms with E-state index in [1.165, 1.54) is 0 Å². The van der Waals surface area contributed by atoms with Crippen LogP contribution in [0.5, 0.6) is 11.5 Å². The Morgan fingerprint density at radius 1 is 1.30 bits per heavy atom. The molecular weight excluding hydrogens is 140 g/mol. The summed E-state index contributed by atoms with van der Waals surface area (Å²) in [4.78, 5) is 20.8. The van der Waals surface area contributed by atoms with Gasteiger partial charge in [-0.05, 0) is 0 Å². The molecule has 1 aromatic rings. The minimum Gasteiger partial charge on any atom is -0.445 e. The van der Waals surface area contributed by atoms with Crippen molar-refractivity contribution in [2.45, 2.75) is 6.29 Å². The van der Waals surface area contributed by atoms with Crippen LogP contribution in [-0.2, 0) is 4.79 Å². The van der Waals surface area contributed by atoms with Crippen LogP contribution in [0.25, 0.3) is 0 Å². The highest BCUT2D eigenvalue weighted by Gasteiger charge is 2.39. The molecule has 1 N–H and O–H groups in total. The first kappa shape index (κ1) is 5.43. The van der Waals surface area contributed by atoms with Crippen molar-refractivity contribution in [2.24, 2.45) is 0 Å². The number of rotatable bonds is 0. The average Bonchev–Trinajstić information content (AvgIpc) is 2.46. The van der Waals surface area contributed by atoms with Crippen molar-refractivity contribution >= 4 is 5.97 Å². The Balaban J connectivity index is 2.33. The van der Waals surface area contributed by atoms with Crippen LogP contribution < -0.4 is 14.9 Å². The molecule has 1 heterocycles. The van der Waals surface area contributed by atoms with Crippen LogP contribution >= 0.6 is 0 Å². The Morgan fingerprint density at radius 3 is 2.60 bits per heavy atom. The molecule has 1 aromatic carbocycles. The molecule has 0 radical (unpaired) electrons. The van der Waals surface area contributed by atoms with Crippen LogP contribution in [0.2, 0.25) is 0 Å². The summed E-state index contributed by atoms with van der Waals surface area (Å²) in [6, 6.07) is 0. The molecule has 0 saturated carbocycles. The topological polar surface area (TPSA) is 72.8 Å². The summed E-state index contributed by atoms with van der Waals surface area (Å²) < 4.78 is 8.70. The van der Waals surface area contributed by atoms with Gasteiger partial charge in [-0.1, -0.05) is 0 Å². The molecular formula is C5H2O5. The lowest BCUT2D eigenvalue weighted by atomic mass is 10.6. The second-order valence-electron chi connectivity index (χ2n) is 1.88. The van der Waals surface area contributed by atoms with Gasteiger partial charge < -0.3 is 14.6 Å². The van der Waals surface area contributed by atoms with E-state index in [0.29, 0.717) is 0 Å². The highest BCUT2D eigenvalue weighted by molar-refractivity contribution is 5.81. The number of aliphatic hydroxyl groups excluding tert-OH is 1. The van der Waals surface area contributed by atoms with Crippen molar-refractivity contribution in [1.29, 1.82) is 0 Å². The van der Waals surface area contributed by atoms with E-state index in [1.54, 1.807) is 0 Å². The fourth-order valence-electron chi connectivity index (χ4n) is 0.650. The zero-order valence-corrected chi connectivity index (χ0v) is 4.66. The van der Waals surface area contributed by atoms with Crippen LogP contribution in [0.3, 0.4) is 0 Å². The fraction of sp³-hybridized carbons (Fsp3) is 0.200. The highest BCUT2D eigenvalue weighted by Crippen LogP contribution is 2.33. The minimum absolute atomic E-state index is 0.0351. The van der Waals surface area contributed by atoms with Crippen molar-refractivity contribution in [3.05, 3.63) is 10.2 Å². The molecule has 0 aliphatic carbocycles. The SMILES string of the molecule is O=C1Oc2c(c2=O)OC1O. The molecule has 52 valence electrons. The maximum Gasteiger partial charge on any atom is 0.381 e. The summed E-state index contributed by atoms with van der Waals surface area (Å²) in [5.74, 6) is -1.05. The van der Waals surface area contributed by atoms with Gasteiger partial charge in [-0.2, -0.15) is 0 Å². The van der Waals surface area contributed by atoms with E-state index < -0.39 is 17.7 Å². The monoisotopic (exact) mass is 142 g/mol. The first-order valence-corrected chi connectivity index (χ1v) is 2.55. The third-order valence-corrected chi connectivity index (χ3v) is 1.19. The van der Waals surface area contributed by atoms with Gasteiger partial charge in [0.2, 0.25) is 11.5 Å². The maximum atomic E-state index is 10.4. The van der Waals surface area contributed by atoms with Crippen molar-refractivity contribution < 1.29 is 19.4 Å². The van der Waals surface area contributed by atoms with Crippen LogP contribution in [0.15, 0.2) is 4.79 Å². The summed E-state index contributed by atoms with van der Waals surface area (Å²) in [7, 11) is 0. The summed E-state index contributed by atoms with van der Waals surface area (Å²) in [5, 5.41) is 8.61. The summed E-state index contributed by atoms with van der Waals surface area (Å²) in [5.41, 5.74) is -0.440. The molecule has 1 aliphatic rings. The molecule has 0 spiro atoms. The van der Waals surface area contributed by atoms with Gasteiger partial charge in [-0.3, -0.25) is 4.79 Å². The van der Waals surface area contributed by atoms with Gasteiger partial charge in [0.15, 0.2) is 0 Å². The predicted molar refractivity (Wildman–Crippen MR) is 27.4 cm³/mol. The molecule has 0 amide bonds. The van der Waals surface area contributed by atoms with E-state index in [0.717, 1.165) is 0 Å². The van der Waals surface area contributed by atoms with Crippen LogP contribution in [0, 0.1) is 0 Å². The van der Waals surface area contributed by atoms with E-state index in [1.807, 2.05) is 0 Å². The molecule has 5 heteroatoms. The van der Waals surface area contributed by atoms with Gasteiger partial charge in [0.05, 0.1) is 0 Å². The van der Waals surface area contributed by atoms with Gasteiger partial charge in [0.25, 0.3) is 11.7 Å². The quantitative estimate of drug-likeness (QED) is 0.448. The number of ether oxygens (including phenoxy) is 2. The number of carbonyl (C=O) groups is 1. The molecule has 1 unspecified atom stereocenters. The molecule has 0 bridgehead atoms. The number of esters is 1. The third-order valence-electron chi connectivity index (χ3n) is 1.19. The van der Waals surface area contributed by atoms with Crippen LogP contribution in [-0.4, -0.2) is 17.4 Å². The number of carbonyl (C=O) groups excluding carboxylic acids is 1. The fourth-order valence-corrected chi connectivity index (χ4v) is 0.650. The van der Waals surface area contributed by atoms with E-state index in [9.17, 15) is 9.59 Å². The van der Waals surface area contributed by atoms with Crippen molar-refractivity contribution in [3.63, 3.8) is 0 Å². The Bertz CT molecular complexity index is 305. The first-order valence-electron chi connectivity index (χ1n) is 2.55. The summed E-state index contributed by atoms with van der Waals surface area (Å²) in [6.07, 6.45) is -1.63. The Kier molecular flexibility index (Phi) is 0.747. The smallest absolute Gasteiger partial charge is 0.381 e. The molecule has 1 aliphatic heterocycles. The Hall–Kier alpha value is -1.36. The molecule has 0 aromatic heterocycles. The highest BCUT2D eigenvalue weighted by atomic mass is 16.7. The third kappa shape index (κ3) is 0.496. The first-order chi connectivity index (χ1) is 4.70. The molecule has 1 atom stereocenters. The van der Waals surface area contributed by atoms with Gasteiger partial charge in [-0.15, -0.1) is 0 Å². The molecule has 10 heavy (non-hydrogen) atoms. The zero-order valence-electron chi connectivity index (χ0n) is 4.66. The van der Waals surface area contributed by atoms with Gasteiger partial charge >= 0.3 is 5.97 Å². The minimum atomic E-state index is -1.63. The van der Waals surface area contributed by atoms with E-state index >= 15 is 0 Å². The van der Waals surface area contributed by atoms with Crippen molar-refractivity contribution in [3.8, 4) is 11.5 Å². The van der Waals surface area contributed by atoms with Crippen molar-refractivity contribution in [2.75, 3.05) is 0 Å². The number of hydrogen-bond donors (Lipinski definition) is 1. The lowest BCUT2D eigenvalue weighted by molar-refractivity contribution is -0.161. The summed E-state index contributed by atoms with van der Waals surface area (Å²) >= 11 is 0. The molecule has 2 rings (SSSR count). The Morgan fingerprint density at radius 2 is 2.00 bits per heavy atom. The lowest BCUT2D eigenvalue weighted by Gasteiger charge is -2.10. The molecule has 0 saturated heterocycles. The van der Waals surface area contributed by atoms with Crippen LogP contribution in [0.4, 0.5) is 0 Å². The standard InChI is InChI=1S/C5H2O5/c6-1-2-3(1)10-5(8)4(7)9-2/h4,7H. The number of hydrogen-bond acceptors (Lipinski definition) is 5. The van der Waals surface area contributed by atoms with Gasteiger partial charge in [-0.25, -0.2) is 4.79 Å². The van der Waals surface area contributed by atoms with Crippen LogP contribution in [0.1, 0.15) is 0 Å². The largest absolute Gasteiger partial charge is 0.445 e. The second-order valence-corrected chi connectivity index (χ2v) is 1.88. The maximum absolute atomic E-state index is 10.4. The summed E-state index contributed by atoms with van der Waals surface area (Å²) in [6.45, 7) is 0. The number of aliphatic hydroxyl groups is 1. The second kappa shape index (κ2) is 1.38. The van der Waals surface area contributed by atoms with Gasteiger partial charge in [0, 0.05) is 0 Å². The van der Waals surface area contributed by atoms with E-state index in [-0.39, 0.29) is 11.5 Å². The molecule has 5 nitrogen and oxygen atoms in total. The predicted octanol–water partition coefficient (Wildman–Crippen LogP) is -1.46. The molecule has 0 fully saturated rings. The van der Waals surface area contributed by atoms with Crippen molar-refractivity contribution in [1.82, 2.24) is 0 Å². The van der Waals surface area contributed by atoms with Gasteiger partial charge in [0.1, 0.15) is 0 Å². The zero-order chi connectivity index (χ0) is 7.30. The van der Waals surface area contributed by atoms with E-state index in [4.69, 9.17) is 5.11 Å². The number of fused-ring (bicyclic) bond motifs is 1. The lowest BCUT2D eigenvalue weighted by Crippen LogP contribution is -2.32. The normalized spacial score (nSPS) is 23.7. The van der Waals surface area contributed by atoms with E-state index in [2.05, 4.69) is 9.47 Å².